The molecule has 2 amide bonds. The second-order valence-electron chi connectivity index (χ2n) is 9.16. The largest absolute Gasteiger partial charge is 0.378 e. The number of hydrogen-bond donors (Lipinski definition) is 2. The van der Waals surface area contributed by atoms with E-state index in [1.807, 2.05) is 18.2 Å². The molecule has 2 N–H and O–H groups in total. The number of carbonyl (C=O) groups is 2. The second kappa shape index (κ2) is 8.80. The number of nitrogens with one attached hydrogen (secondary N) is 2. The first-order valence-corrected chi connectivity index (χ1v) is 11.6. The first kappa shape index (κ1) is 21.4. The van der Waals surface area contributed by atoms with Gasteiger partial charge < -0.3 is 10.1 Å². The average Bonchev–Trinajstić information content (AvgIpc) is 3.00. The van der Waals surface area contributed by atoms with Crippen LogP contribution in [-0.4, -0.2) is 70.8 Å². The van der Waals surface area contributed by atoms with E-state index in [9.17, 15) is 14.4 Å². The third kappa shape index (κ3) is 4.00. The molecule has 3 fully saturated rings. The summed E-state index contributed by atoms with van der Waals surface area (Å²) in [5, 5.41) is 5.74. The summed E-state index contributed by atoms with van der Waals surface area (Å²) in [6, 6.07) is 5.92. The van der Waals surface area contributed by atoms with E-state index in [-0.39, 0.29) is 18.0 Å². The zero-order valence-electron chi connectivity index (χ0n) is 18.5. The van der Waals surface area contributed by atoms with Crippen LogP contribution in [0.15, 0.2) is 23.0 Å². The highest BCUT2D eigenvalue weighted by Crippen LogP contribution is 2.29. The standard InChI is InChI=1S/C23H31N5O4/c1-26-20-12-15(6-11-32-17-13-16(14-17)27-9-7-24-8-10-27)2-3-18(20)28(23(26)31)19-4-5-21(29)25-22(19)30/h2-3,12,16-17,19,24H,4-11,13-14H2,1H3,(H,25,29,30). The van der Waals surface area contributed by atoms with Gasteiger partial charge in [0.05, 0.1) is 23.7 Å². The smallest absolute Gasteiger partial charge is 0.329 e. The SMILES string of the molecule is Cn1c(=O)n(C2CCC(=O)NC2=O)c2ccc(CCOC3CC(N4CCNCC4)C3)cc21. The Labute approximate surface area is 186 Å². The molecule has 0 radical (unpaired) electrons. The van der Waals surface area contributed by atoms with Crippen LogP contribution in [0.1, 0.15) is 37.3 Å². The Hall–Kier alpha value is -2.49. The lowest BCUT2D eigenvalue weighted by Gasteiger charge is -2.44. The van der Waals surface area contributed by atoms with Gasteiger partial charge in [-0.15, -0.1) is 0 Å². The topological polar surface area (TPSA) is 97.6 Å². The van der Waals surface area contributed by atoms with Gasteiger partial charge in [0.15, 0.2) is 0 Å². The number of ether oxygens (including phenoxy) is 1. The Kier molecular flexibility index (Phi) is 5.88. The number of piperidine rings is 1. The van der Waals surface area contributed by atoms with Crippen LogP contribution in [0.3, 0.4) is 0 Å². The molecule has 1 saturated carbocycles. The molecule has 9 heteroatoms. The quantitative estimate of drug-likeness (QED) is 0.627. The minimum atomic E-state index is -0.652. The molecular weight excluding hydrogens is 410 g/mol. The van der Waals surface area contributed by atoms with E-state index in [2.05, 4.69) is 15.5 Å². The predicted octanol–water partition coefficient (Wildman–Crippen LogP) is 0.313. The van der Waals surface area contributed by atoms with Crippen LogP contribution < -0.4 is 16.3 Å². The number of hydrogen-bond acceptors (Lipinski definition) is 6. The molecule has 2 aromatic rings. The molecule has 0 bridgehead atoms. The fourth-order valence-electron chi connectivity index (χ4n) is 5.16. The van der Waals surface area contributed by atoms with Crippen LogP contribution in [0.5, 0.6) is 0 Å². The Bertz CT molecular complexity index is 1080. The summed E-state index contributed by atoms with van der Waals surface area (Å²) in [4.78, 5) is 39.2. The summed E-state index contributed by atoms with van der Waals surface area (Å²) >= 11 is 0. The van der Waals surface area contributed by atoms with Gasteiger partial charge >= 0.3 is 5.69 Å². The maximum atomic E-state index is 12.9. The van der Waals surface area contributed by atoms with Crippen LogP contribution in [0.2, 0.25) is 0 Å². The van der Waals surface area contributed by atoms with Gasteiger partial charge in [0.25, 0.3) is 0 Å². The minimum absolute atomic E-state index is 0.240. The number of fused-ring (bicyclic) bond motifs is 1. The number of amides is 2. The summed E-state index contributed by atoms with van der Waals surface area (Å²) in [5.41, 5.74) is 2.37. The third-order valence-corrected chi connectivity index (χ3v) is 7.16. The van der Waals surface area contributed by atoms with Crippen molar-refractivity contribution in [2.45, 2.75) is 50.3 Å². The lowest BCUT2D eigenvalue weighted by molar-refractivity contribution is -0.135. The molecule has 0 spiro atoms. The van der Waals surface area contributed by atoms with E-state index in [4.69, 9.17) is 4.74 Å². The van der Waals surface area contributed by atoms with Gasteiger partial charge in [-0.25, -0.2) is 4.79 Å². The molecule has 3 heterocycles. The number of imidazole rings is 1. The molecule has 9 nitrogen and oxygen atoms in total. The molecule has 172 valence electrons. The van der Waals surface area contributed by atoms with Crippen molar-refractivity contribution >= 4 is 22.8 Å². The van der Waals surface area contributed by atoms with Crippen molar-refractivity contribution in [3.05, 3.63) is 34.2 Å². The fraction of sp³-hybridized carbons (Fsp3) is 0.609. The third-order valence-electron chi connectivity index (χ3n) is 7.16. The molecular formula is C23H31N5O4. The van der Waals surface area contributed by atoms with Crippen molar-refractivity contribution in [1.29, 1.82) is 0 Å². The zero-order valence-corrected chi connectivity index (χ0v) is 18.5. The normalized spacial score (nSPS) is 26.8. The number of aryl methyl sites for hydroxylation is 1. The predicted molar refractivity (Wildman–Crippen MR) is 120 cm³/mol. The maximum absolute atomic E-state index is 12.9. The minimum Gasteiger partial charge on any atom is -0.378 e. The summed E-state index contributed by atoms with van der Waals surface area (Å²) in [5.74, 6) is -0.694. The summed E-state index contributed by atoms with van der Waals surface area (Å²) in [6.07, 6.45) is 3.94. The van der Waals surface area contributed by atoms with Crippen molar-refractivity contribution in [3.8, 4) is 0 Å². The first-order chi connectivity index (χ1) is 15.5. The van der Waals surface area contributed by atoms with Crippen molar-refractivity contribution in [2.75, 3.05) is 32.8 Å². The fourth-order valence-corrected chi connectivity index (χ4v) is 5.16. The van der Waals surface area contributed by atoms with Gasteiger partial charge in [0.2, 0.25) is 11.8 Å². The molecule has 32 heavy (non-hydrogen) atoms. The Balaban J connectivity index is 1.21. The molecule has 1 unspecified atom stereocenters. The van der Waals surface area contributed by atoms with Crippen LogP contribution >= 0.6 is 0 Å². The number of nitrogens with zero attached hydrogens (tertiary/aromatic N) is 3. The summed E-state index contributed by atoms with van der Waals surface area (Å²) < 4.78 is 9.19. The molecule has 5 rings (SSSR count). The lowest BCUT2D eigenvalue weighted by Crippen LogP contribution is -2.54. The van der Waals surface area contributed by atoms with Gasteiger partial charge in [-0.1, -0.05) is 6.07 Å². The number of imide groups is 1. The van der Waals surface area contributed by atoms with Gasteiger partial charge in [-0.2, -0.15) is 0 Å². The second-order valence-corrected chi connectivity index (χ2v) is 9.16. The number of rotatable bonds is 6. The highest BCUT2D eigenvalue weighted by molar-refractivity contribution is 6.00. The Morgan fingerprint density at radius 3 is 2.62 bits per heavy atom. The van der Waals surface area contributed by atoms with E-state index >= 15 is 0 Å². The highest BCUT2D eigenvalue weighted by atomic mass is 16.5. The summed E-state index contributed by atoms with van der Waals surface area (Å²) in [6.45, 7) is 5.09. The van der Waals surface area contributed by atoms with Gasteiger partial charge in [0, 0.05) is 45.7 Å². The van der Waals surface area contributed by atoms with Crippen molar-refractivity contribution in [1.82, 2.24) is 24.7 Å². The molecule has 1 aromatic heterocycles. The number of carbonyl (C=O) groups excluding carboxylic acids is 2. The van der Waals surface area contributed by atoms with Crippen molar-refractivity contribution in [3.63, 3.8) is 0 Å². The van der Waals surface area contributed by atoms with E-state index in [1.165, 1.54) is 4.57 Å². The van der Waals surface area contributed by atoms with E-state index in [1.54, 1.807) is 11.6 Å². The molecule has 2 aliphatic heterocycles. The van der Waals surface area contributed by atoms with Gasteiger partial charge in [0.1, 0.15) is 6.04 Å². The lowest BCUT2D eigenvalue weighted by atomic mass is 9.87. The van der Waals surface area contributed by atoms with E-state index in [0.717, 1.165) is 62.0 Å². The zero-order chi connectivity index (χ0) is 22.2. The van der Waals surface area contributed by atoms with Crippen LogP contribution in [0.4, 0.5) is 0 Å². The maximum Gasteiger partial charge on any atom is 0.329 e. The number of piperazine rings is 1. The number of aromatic nitrogens is 2. The monoisotopic (exact) mass is 441 g/mol. The number of benzene rings is 1. The van der Waals surface area contributed by atoms with E-state index in [0.29, 0.717) is 25.2 Å². The van der Waals surface area contributed by atoms with Crippen LogP contribution in [0, 0.1) is 0 Å². The van der Waals surface area contributed by atoms with Crippen LogP contribution in [0.25, 0.3) is 11.0 Å². The molecule has 2 saturated heterocycles. The summed E-state index contributed by atoms with van der Waals surface area (Å²) in [7, 11) is 1.72. The van der Waals surface area contributed by atoms with Crippen molar-refractivity contribution < 1.29 is 14.3 Å². The Morgan fingerprint density at radius 1 is 1.09 bits per heavy atom. The van der Waals surface area contributed by atoms with E-state index < -0.39 is 11.9 Å². The van der Waals surface area contributed by atoms with Crippen molar-refractivity contribution in [2.24, 2.45) is 7.05 Å². The molecule has 1 aliphatic carbocycles. The Morgan fingerprint density at radius 2 is 1.88 bits per heavy atom. The molecule has 1 atom stereocenters. The molecule has 1 aromatic carbocycles. The molecule has 3 aliphatic rings. The highest BCUT2D eigenvalue weighted by Gasteiger charge is 2.34. The average molecular weight is 442 g/mol. The van der Waals surface area contributed by atoms with Gasteiger partial charge in [-0.05, 0) is 43.4 Å². The first-order valence-electron chi connectivity index (χ1n) is 11.6. The van der Waals surface area contributed by atoms with Crippen LogP contribution in [-0.2, 0) is 27.8 Å². The van der Waals surface area contributed by atoms with Gasteiger partial charge in [-0.3, -0.25) is 28.9 Å².